The van der Waals surface area contributed by atoms with Crippen LogP contribution in [0.1, 0.15) is 45.8 Å². The van der Waals surface area contributed by atoms with Crippen LogP contribution >= 0.6 is 0 Å². The minimum absolute atomic E-state index is 0.110. The third-order valence-electron chi connectivity index (χ3n) is 4.44. The van der Waals surface area contributed by atoms with Gasteiger partial charge in [0.05, 0.1) is 13.2 Å². The molecular formula is C17H26N2O2. The summed E-state index contributed by atoms with van der Waals surface area (Å²) in [6.07, 6.45) is 0.683. The summed E-state index contributed by atoms with van der Waals surface area (Å²) in [5, 5.41) is 3.46. The number of hydrogen-bond acceptors (Lipinski definition) is 3. The molecule has 1 aromatic rings. The monoisotopic (exact) mass is 290 g/mol. The average Bonchev–Trinajstić information content (AvgIpc) is 2.82. The van der Waals surface area contributed by atoms with E-state index in [1.807, 2.05) is 36.1 Å². The third-order valence-corrected chi connectivity index (χ3v) is 4.44. The first-order chi connectivity index (χ1) is 10.0. The van der Waals surface area contributed by atoms with E-state index in [-0.39, 0.29) is 24.2 Å². The van der Waals surface area contributed by atoms with Gasteiger partial charge in [-0.25, -0.2) is 0 Å². The summed E-state index contributed by atoms with van der Waals surface area (Å²) < 4.78 is 5.47. The number of benzene rings is 1. The van der Waals surface area contributed by atoms with Gasteiger partial charge in [-0.2, -0.15) is 0 Å². The molecule has 1 heterocycles. The summed E-state index contributed by atoms with van der Waals surface area (Å²) in [7, 11) is 1.67. The Bertz CT molecular complexity index is 501. The highest BCUT2D eigenvalue weighted by molar-refractivity contribution is 5.85. The summed E-state index contributed by atoms with van der Waals surface area (Å²) in [5.74, 6) is 1.42. The van der Waals surface area contributed by atoms with E-state index in [4.69, 9.17) is 4.74 Å². The molecule has 1 aliphatic heterocycles. The van der Waals surface area contributed by atoms with E-state index < -0.39 is 0 Å². The van der Waals surface area contributed by atoms with E-state index in [1.54, 1.807) is 7.11 Å². The van der Waals surface area contributed by atoms with Crippen LogP contribution in [-0.4, -0.2) is 30.0 Å². The molecule has 4 heteroatoms. The zero-order valence-electron chi connectivity index (χ0n) is 13.6. The van der Waals surface area contributed by atoms with Gasteiger partial charge in [0.25, 0.3) is 0 Å². The number of ether oxygens (including phenoxy) is 1. The van der Waals surface area contributed by atoms with Crippen LogP contribution in [0.15, 0.2) is 24.3 Å². The Hall–Kier alpha value is -1.55. The predicted molar refractivity (Wildman–Crippen MR) is 84.1 cm³/mol. The molecule has 0 radical (unpaired) electrons. The molecule has 3 unspecified atom stereocenters. The van der Waals surface area contributed by atoms with Crippen molar-refractivity contribution < 1.29 is 9.53 Å². The Kier molecular flexibility index (Phi) is 4.88. The number of rotatable bonds is 5. The lowest BCUT2D eigenvalue weighted by atomic mass is 10.0. The van der Waals surface area contributed by atoms with Gasteiger partial charge in [0.2, 0.25) is 5.91 Å². The Morgan fingerprint density at radius 1 is 1.29 bits per heavy atom. The number of nitrogens with one attached hydrogen (secondary N) is 1. The first-order valence-electron chi connectivity index (χ1n) is 7.72. The molecule has 21 heavy (non-hydrogen) atoms. The second-order valence-corrected chi connectivity index (χ2v) is 6.00. The number of para-hydroxylation sites is 1. The van der Waals surface area contributed by atoms with Crippen molar-refractivity contribution in [1.82, 2.24) is 10.2 Å². The zero-order valence-corrected chi connectivity index (χ0v) is 13.6. The molecule has 1 aromatic carbocycles. The van der Waals surface area contributed by atoms with Crippen LogP contribution in [0.5, 0.6) is 5.75 Å². The zero-order chi connectivity index (χ0) is 15.6. The predicted octanol–water partition coefficient (Wildman–Crippen LogP) is 2.95. The lowest BCUT2D eigenvalue weighted by Crippen LogP contribution is -2.41. The minimum atomic E-state index is -0.115. The highest BCUT2D eigenvalue weighted by Gasteiger charge is 2.42. The van der Waals surface area contributed by atoms with Crippen LogP contribution in [0.25, 0.3) is 0 Å². The molecule has 4 nitrogen and oxygen atoms in total. The van der Waals surface area contributed by atoms with Crippen molar-refractivity contribution in [2.75, 3.05) is 7.11 Å². The maximum absolute atomic E-state index is 12.7. The van der Waals surface area contributed by atoms with Crippen LogP contribution in [0.3, 0.4) is 0 Å². The quantitative estimate of drug-likeness (QED) is 0.906. The SMILES string of the molecule is CCC1NC(c2ccccc2OC)N(C(C)C(C)C)C1=O. The van der Waals surface area contributed by atoms with Crippen LogP contribution in [0.4, 0.5) is 0 Å². The van der Waals surface area contributed by atoms with Gasteiger partial charge in [0, 0.05) is 11.6 Å². The van der Waals surface area contributed by atoms with Gasteiger partial charge in [0.15, 0.2) is 0 Å². The van der Waals surface area contributed by atoms with Crippen LogP contribution in [-0.2, 0) is 4.79 Å². The minimum Gasteiger partial charge on any atom is -0.496 e. The van der Waals surface area contributed by atoms with Crippen LogP contribution in [0, 0.1) is 5.92 Å². The highest BCUT2D eigenvalue weighted by Crippen LogP contribution is 2.35. The van der Waals surface area contributed by atoms with Crippen molar-refractivity contribution in [3.63, 3.8) is 0 Å². The summed E-state index contributed by atoms with van der Waals surface area (Å²) in [6, 6.07) is 7.98. The maximum Gasteiger partial charge on any atom is 0.241 e. The molecule has 0 saturated carbocycles. The topological polar surface area (TPSA) is 41.6 Å². The molecular weight excluding hydrogens is 264 g/mol. The van der Waals surface area contributed by atoms with Gasteiger partial charge in [-0.3, -0.25) is 10.1 Å². The molecule has 0 aromatic heterocycles. The molecule has 116 valence electrons. The number of methoxy groups -OCH3 is 1. The Morgan fingerprint density at radius 3 is 2.52 bits per heavy atom. The van der Waals surface area contributed by atoms with E-state index >= 15 is 0 Å². The van der Waals surface area contributed by atoms with Crippen molar-refractivity contribution in [3.8, 4) is 5.75 Å². The van der Waals surface area contributed by atoms with Gasteiger partial charge < -0.3 is 9.64 Å². The van der Waals surface area contributed by atoms with Gasteiger partial charge >= 0.3 is 0 Å². The Morgan fingerprint density at radius 2 is 1.95 bits per heavy atom. The van der Waals surface area contributed by atoms with E-state index in [9.17, 15) is 4.79 Å². The van der Waals surface area contributed by atoms with Crippen LogP contribution in [0.2, 0.25) is 0 Å². The van der Waals surface area contributed by atoms with Crippen molar-refractivity contribution in [3.05, 3.63) is 29.8 Å². The van der Waals surface area contributed by atoms with Gasteiger partial charge in [-0.05, 0) is 25.3 Å². The van der Waals surface area contributed by atoms with Crippen molar-refractivity contribution in [2.24, 2.45) is 5.92 Å². The Balaban J connectivity index is 2.41. The van der Waals surface area contributed by atoms with Gasteiger partial charge in [0.1, 0.15) is 11.9 Å². The second kappa shape index (κ2) is 6.48. The van der Waals surface area contributed by atoms with Gasteiger partial charge in [-0.15, -0.1) is 0 Å². The fraction of sp³-hybridized carbons (Fsp3) is 0.588. The lowest BCUT2D eigenvalue weighted by molar-refractivity contribution is -0.133. The van der Waals surface area contributed by atoms with Crippen molar-refractivity contribution >= 4 is 5.91 Å². The van der Waals surface area contributed by atoms with Gasteiger partial charge in [-0.1, -0.05) is 39.0 Å². The smallest absolute Gasteiger partial charge is 0.241 e. The Labute approximate surface area is 127 Å². The number of hydrogen-bond donors (Lipinski definition) is 1. The molecule has 0 aliphatic carbocycles. The van der Waals surface area contributed by atoms with E-state index in [0.29, 0.717) is 5.92 Å². The summed E-state index contributed by atoms with van der Waals surface area (Å²) in [5.41, 5.74) is 1.02. The molecule has 3 atom stereocenters. The fourth-order valence-corrected chi connectivity index (χ4v) is 2.83. The average molecular weight is 290 g/mol. The first kappa shape index (κ1) is 15.8. The standard InChI is InChI=1S/C17H26N2O2/c1-6-14-17(20)19(12(4)11(2)3)16(18-14)13-9-7-8-10-15(13)21-5/h7-12,14,16,18H,6H2,1-5H3. The molecule has 1 aliphatic rings. The second-order valence-electron chi connectivity index (χ2n) is 6.00. The lowest BCUT2D eigenvalue weighted by Gasteiger charge is -2.33. The van der Waals surface area contributed by atoms with E-state index in [0.717, 1.165) is 17.7 Å². The molecule has 1 saturated heterocycles. The molecule has 0 spiro atoms. The number of carbonyl (C=O) groups excluding carboxylic acids is 1. The summed E-state index contributed by atoms with van der Waals surface area (Å²) >= 11 is 0. The molecule has 1 N–H and O–H groups in total. The van der Waals surface area contributed by atoms with Crippen LogP contribution < -0.4 is 10.1 Å². The molecule has 1 amide bonds. The number of amides is 1. The summed E-state index contributed by atoms with van der Waals surface area (Å²) in [4.78, 5) is 14.7. The van der Waals surface area contributed by atoms with E-state index in [2.05, 4.69) is 26.1 Å². The molecule has 1 fully saturated rings. The molecule has 2 rings (SSSR count). The van der Waals surface area contributed by atoms with Crippen molar-refractivity contribution in [2.45, 2.75) is 52.4 Å². The molecule has 0 bridgehead atoms. The third kappa shape index (κ3) is 2.91. The largest absolute Gasteiger partial charge is 0.496 e. The first-order valence-corrected chi connectivity index (χ1v) is 7.72. The number of nitrogens with zero attached hydrogens (tertiary/aromatic N) is 1. The maximum atomic E-state index is 12.7. The summed E-state index contributed by atoms with van der Waals surface area (Å²) in [6.45, 7) is 8.45. The fourth-order valence-electron chi connectivity index (χ4n) is 2.83. The number of carbonyl (C=O) groups is 1. The van der Waals surface area contributed by atoms with Crippen molar-refractivity contribution in [1.29, 1.82) is 0 Å². The van der Waals surface area contributed by atoms with E-state index in [1.165, 1.54) is 0 Å². The highest BCUT2D eigenvalue weighted by atomic mass is 16.5. The normalized spacial score (nSPS) is 23.7.